The fourth-order valence-electron chi connectivity index (χ4n) is 4.15. The second kappa shape index (κ2) is 11.2. The highest BCUT2D eigenvalue weighted by Crippen LogP contribution is 2.32. The fourth-order valence-corrected chi connectivity index (χ4v) is 4.15. The Morgan fingerprint density at radius 1 is 1.09 bits per heavy atom. The minimum absolute atomic E-state index is 0.00624. The van der Waals surface area contributed by atoms with Gasteiger partial charge < -0.3 is 20.3 Å². The molecule has 9 nitrogen and oxygen atoms in total. The number of nitro groups is 1. The van der Waals surface area contributed by atoms with Crippen LogP contribution in [-0.4, -0.2) is 49.0 Å². The van der Waals surface area contributed by atoms with Crippen LogP contribution in [0.4, 0.5) is 11.4 Å². The van der Waals surface area contributed by atoms with Crippen LogP contribution in [0.2, 0.25) is 0 Å². The van der Waals surface area contributed by atoms with Gasteiger partial charge in [-0.2, -0.15) is 0 Å². The van der Waals surface area contributed by atoms with Crippen molar-refractivity contribution in [2.75, 3.05) is 31.1 Å². The summed E-state index contributed by atoms with van der Waals surface area (Å²) < 4.78 is 5.50. The van der Waals surface area contributed by atoms with E-state index in [-0.39, 0.29) is 29.7 Å². The number of carbonyl (C=O) groups is 2. The second-order valence-electron chi connectivity index (χ2n) is 9.41. The van der Waals surface area contributed by atoms with E-state index in [1.807, 2.05) is 17.0 Å². The maximum absolute atomic E-state index is 12.6. The molecular formula is C26H32N4O5. The lowest BCUT2D eigenvalue weighted by Gasteiger charge is -2.31. The Morgan fingerprint density at radius 3 is 2.46 bits per heavy atom. The summed E-state index contributed by atoms with van der Waals surface area (Å²) in [7, 11) is 0. The maximum Gasteiger partial charge on any atom is 0.293 e. The lowest BCUT2D eigenvalue weighted by molar-refractivity contribution is -0.384. The zero-order valence-electron chi connectivity index (χ0n) is 20.0. The third-order valence-corrected chi connectivity index (χ3v) is 6.49. The first-order chi connectivity index (χ1) is 16.9. The van der Waals surface area contributed by atoms with Crippen LogP contribution in [0, 0.1) is 16.0 Å². The van der Waals surface area contributed by atoms with Gasteiger partial charge in [0.2, 0.25) is 0 Å². The molecule has 1 saturated carbocycles. The molecule has 1 aliphatic heterocycles. The number of ether oxygens (including phenoxy) is 1. The van der Waals surface area contributed by atoms with Crippen molar-refractivity contribution < 1.29 is 19.2 Å². The first-order valence-corrected chi connectivity index (χ1v) is 12.2. The lowest BCUT2D eigenvalue weighted by atomic mass is 9.98. The van der Waals surface area contributed by atoms with Crippen LogP contribution in [-0.2, 0) is 11.2 Å². The normalized spacial score (nSPS) is 16.0. The van der Waals surface area contributed by atoms with Crippen LogP contribution in [0.25, 0.3) is 0 Å². The molecule has 0 unspecified atom stereocenters. The number of carbonyl (C=O) groups excluding carboxylic acids is 2. The molecule has 0 spiro atoms. The van der Waals surface area contributed by atoms with Crippen LogP contribution < -0.4 is 20.3 Å². The smallest absolute Gasteiger partial charge is 0.293 e. The van der Waals surface area contributed by atoms with Gasteiger partial charge in [0.25, 0.3) is 17.5 Å². The zero-order valence-corrected chi connectivity index (χ0v) is 20.0. The van der Waals surface area contributed by atoms with Gasteiger partial charge in [-0.25, -0.2) is 0 Å². The van der Waals surface area contributed by atoms with Crippen molar-refractivity contribution in [3.8, 4) is 5.75 Å². The first kappa shape index (κ1) is 24.5. The molecule has 2 aliphatic rings. The molecule has 186 valence electrons. The molecule has 2 fully saturated rings. The topological polar surface area (TPSA) is 114 Å². The highest BCUT2D eigenvalue weighted by molar-refractivity contribution is 5.95. The van der Waals surface area contributed by atoms with Crippen LogP contribution in [0.5, 0.6) is 5.75 Å². The summed E-state index contributed by atoms with van der Waals surface area (Å²) in [5.74, 6) is 0.781. The summed E-state index contributed by atoms with van der Waals surface area (Å²) >= 11 is 0. The number of amides is 2. The molecule has 0 atom stereocenters. The molecule has 2 amide bonds. The van der Waals surface area contributed by atoms with E-state index in [4.69, 9.17) is 4.74 Å². The average Bonchev–Trinajstić information content (AvgIpc) is 3.67. The summed E-state index contributed by atoms with van der Waals surface area (Å²) in [6.07, 6.45) is 4.68. The van der Waals surface area contributed by atoms with Crippen molar-refractivity contribution >= 4 is 23.2 Å². The summed E-state index contributed by atoms with van der Waals surface area (Å²) in [5.41, 5.74) is 1.82. The Balaban J connectivity index is 1.26. The molecule has 0 aromatic heterocycles. The zero-order chi connectivity index (χ0) is 24.8. The first-order valence-electron chi connectivity index (χ1n) is 12.2. The van der Waals surface area contributed by atoms with Crippen LogP contribution in [0.3, 0.4) is 0 Å². The molecule has 1 aliphatic carbocycles. The Labute approximate surface area is 205 Å². The van der Waals surface area contributed by atoms with Crippen LogP contribution in [0.1, 0.15) is 48.5 Å². The van der Waals surface area contributed by atoms with Gasteiger partial charge in [0.15, 0.2) is 6.61 Å². The van der Waals surface area contributed by atoms with E-state index in [0.717, 1.165) is 44.3 Å². The Morgan fingerprint density at radius 2 is 1.80 bits per heavy atom. The standard InChI is InChI=1S/C26H32N4O5/c1-18-11-14-29(15-12-18)23-9-4-20(16-24(23)30(33)34)26(32)27-13-10-19-2-7-22(8-3-19)35-17-25(31)28-21-5-6-21/h2-4,7-9,16,18,21H,5-6,10-15,17H2,1H3,(H,27,32)(H,28,31). The number of benzene rings is 2. The molecule has 4 rings (SSSR count). The molecule has 2 aromatic rings. The molecule has 0 radical (unpaired) electrons. The van der Waals surface area contributed by atoms with Crippen LogP contribution in [0.15, 0.2) is 42.5 Å². The van der Waals surface area contributed by atoms with Crippen molar-refractivity contribution in [2.45, 2.75) is 45.1 Å². The number of anilines is 1. The lowest BCUT2D eigenvalue weighted by Crippen LogP contribution is -2.33. The van der Waals surface area contributed by atoms with Crippen molar-refractivity contribution in [3.05, 3.63) is 63.7 Å². The maximum atomic E-state index is 12.6. The Bertz CT molecular complexity index is 1060. The predicted octanol–water partition coefficient (Wildman–Crippen LogP) is 3.46. The number of hydrogen-bond donors (Lipinski definition) is 2. The third kappa shape index (κ3) is 6.94. The summed E-state index contributed by atoms with van der Waals surface area (Å²) in [5, 5.41) is 17.4. The minimum atomic E-state index is -0.413. The van der Waals surface area contributed by atoms with E-state index in [2.05, 4.69) is 17.6 Å². The van der Waals surface area contributed by atoms with Crippen molar-refractivity contribution in [2.24, 2.45) is 5.92 Å². The van der Waals surface area contributed by atoms with Gasteiger partial charge in [-0.3, -0.25) is 19.7 Å². The summed E-state index contributed by atoms with van der Waals surface area (Å²) in [6.45, 7) is 4.14. The van der Waals surface area contributed by atoms with E-state index >= 15 is 0 Å². The summed E-state index contributed by atoms with van der Waals surface area (Å²) in [4.78, 5) is 37.6. The number of nitrogens with one attached hydrogen (secondary N) is 2. The monoisotopic (exact) mass is 480 g/mol. The summed E-state index contributed by atoms with van der Waals surface area (Å²) in [6, 6.07) is 12.4. The second-order valence-corrected chi connectivity index (χ2v) is 9.41. The van der Waals surface area contributed by atoms with Gasteiger partial charge in [0.1, 0.15) is 11.4 Å². The highest BCUT2D eigenvalue weighted by Gasteiger charge is 2.25. The van der Waals surface area contributed by atoms with Gasteiger partial charge in [-0.1, -0.05) is 19.1 Å². The third-order valence-electron chi connectivity index (χ3n) is 6.49. The number of nitrogens with zero attached hydrogens (tertiary/aromatic N) is 2. The quantitative estimate of drug-likeness (QED) is 0.398. The SMILES string of the molecule is CC1CCN(c2ccc(C(=O)NCCc3ccc(OCC(=O)NC4CC4)cc3)cc2[N+](=O)[O-])CC1. The molecule has 2 aromatic carbocycles. The molecular weight excluding hydrogens is 448 g/mol. The molecule has 2 N–H and O–H groups in total. The van der Waals surface area contributed by atoms with Gasteiger partial charge in [0.05, 0.1) is 4.92 Å². The average molecular weight is 481 g/mol. The minimum Gasteiger partial charge on any atom is -0.484 e. The van der Waals surface area contributed by atoms with Crippen molar-refractivity contribution in [1.82, 2.24) is 10.6 Å². The highest BCUT2D eigenvalue weighted by atomic mass is 16.6. The Kier molecular flexibility index (Phi) is 7.84. The Hall–Kier alpha value is -3.62. The van der Waals surface area contributed by atoms with Crippen molar-refractivity contribution in [3.63, 3.8) is 0 Å². The molecule has 0 bridgehead atoms. The van der Waals surface area contributed by atoms with E-state index in [1.54, 1.807) is 24.3 Å². The van der Waals surface area contributed by atoms with Crippen LogP contribution >= 0.6 is 0 Å². The van der Waals surface area contributed by atoms with Gasteiger partial charge >= 0.3 is 0 Å². The molecule has 35 heavy (non-hydrogen) atoms. The predicted molar refractivity (Wildman–Crippen MR) is 133 cm³/mol. The van der Waals surface area contributed by atoms with E-state index < -0.39 is 4.92 Å². The fraction of sp³-hybridized carbons (Fsp3) is 0.462. The molecule has 1 heterocycles. The van der Waals surface area contributed by atoms with E-state index in [0.29, 0.717) is 36.4 Å². The van der Waals surface area contributed by atoms with Crippen molar-refractivity contribution in [1.29, 1.82) is 0 Å². The van der Waals surface area contributed by atoms with E-state index in [1.165, 1.54) is 6.07 Å². The van der Waals surface area contributed by atoms with Gasteiger partial charge in [-0.05, 0) is 67.9 Å². The molecule has 1 saturated heterocycles. The van der Waals surface area contributed by atoms with Gasteiger partial charge in [0, 0.05) is 37.3 Å². The molecule has 9 heteroatoms. The van der Waals surface area contributed by atoms with E-state index in [9.17, 15) is 19.7 Å². The number of rotatable bonds is 10. The van der Waals surface area contributed by atoms with Gasteiger partial charge in [-0.15, -0.1) is 0 Å². The number of piperidine rings is 1. The number of hydrogen-bond acceptors (Lipinski definition) is 6. The number of nitro benzene ring substituents is 1. The largest absolute Gasteiger partial charge is 0.484 e.